The summed E-state index contributed by atoms with van der Waals surface area (Å²) in [5, 5.41) is 27.1. The minimum atomic E-state index is -0.785. The summed E-state index contributed by atoms with van der Waals surface area (Å²) in [6, 6.07) is 6.14. The Labute approximate surface area is 75.8 Å². The zero-order valence-corrected chi connectivity index (χ0v) is 6.94. The van der Waals surface area contributed by atoms with Crippen LogP contribution in [0.1, 0.15) is 17.2 Å². The summed E-state index contributed by atoms with van der Waals surface area (Å²) in [5.41, 5.74) is 5.92. The molecule has 0 saturated heterocycles. The molecule has 0 aromatic heterocycles. The number of aromatic hydroxyl groups is 1. The molecule has 0 saturated carbocycles. The molecule has 0 fully saturated rings. The van der Waals surface area contributed by atoms with E-state index in [2.05, 4.69) is 0 Å². The highest BCUT2D eigenvalue weighted by atomic mass is 16.3. The summed E-state index contributed by atoms with van der Waals surface area (Å²) in [6.07, 6.45) is -0.785. The van der Waals surface area contributed by atoms with Crippen molar-refractivity contribution in [1.82, 2.24) is 0 Å². The molecule has 4 N–H and O–H groups in total. The van der Waals surface area contributed by atoms with Crippen LogP contribution >= 0.6 is 0 Å². The van der Waals surface area contributed by atoms with Crippen LogP contribution in [0.5, 0.6) is 5.75 Å². The molecular formula is C9H10N2O2. The first-order valence-corrected chi connectivity index (χ1v) is 3.80. The van der Waals surface area contributed by atoms with Gasteiger partial charge in [-0.15, -0.1) is 0 Å². The zero-order valence-electron chi connectivity index (χ0n) is 6.94. The average Bonchev–Trinajstić information content (AvgIpc) is 2.17. The zero-order chi connectivity index (χ0) is 9.84. The standard InChI is InChI=1S/C9H10N2O2/c10-4-7-3-6(9(13)5-11)1-2-8(7)12/h1-3,9,12-13H,5,11H2. The van der Waals surface area contributed by atoms with Gasteiger partial charge in [0.15, 0.2) is 0 Å². The van der Waals surface area contributed by atoms with Gasteiger partial charge in [0.2, 0.25) is 0 Å². The molecule has 0 radical (unpaired) electrons. The van der Waals surface area contributed by atoms with Crippen LogP contribution in [-0.4, -0.2) is 16.8 Å². The summed E-state index contributed by atoms with van der Waals surface area (Å²) in [4.78, 5) is 0. The van der Waals surface area contributed by atoms with Crippen molar-refractivity contribution in [2.24, 2.45) is 5.73 Å². The summed E-state index contributed by atoms with van der Waals surface area (Å²) >= 11 is 0. The van der Waals surface area contributed by atoms with E-state index in [4.69, 9.17) is 16.1 Å². The predicted octanol–water partition coefficient (Wildman–Crippen LogP) is 0.256. The first kappa shape index (κ1) is 9.52. The summed E-state index contributed by atoms with van der Waals surface area (Å²) in [7, 11) is 0. The van der Waals surface area contributed by atoms with Crippen LogP contribution in [0.15, 0.2) is 18.2 Å². The molecular weight excluding hydrogens is 168 g/mol. The molecule has 0 bridgehead atoms. The number of aliphatic hydroxyl groups is 1. The fourth-order valence-electron chi connectivity index (χ4n) is 0.987. The third-order valence-electron chi connectivity index (χ3n) is 1.75. The molecule has 4 heteroatoms. The topological polar surface area (TPSA) is 90.3 Å². The Bertz CT molecular complexity index is 344. The molecule has 1 unspecified atom stereocenters. The lowest BCUT2D eigenvalue weighted by Gasteiger charge is -2.08. The molecule has 0 amide bonds. The van der Waals surface area contributed by atoms with E-state index < -0.39 is 6.10 Å². The van der Waals surface area contributed by atoms with E-state index in [0.29, 0.717) is 5.56 Å². The van der Waals surface area contributed by atoms with Gasteiger partial charge in [-0.25, -0.2) is 0 Å². The number of benzene rings is 1. The van der Waals surface area contributed by atoms with E-state index in [9.17, 15) is 5.11 Å². The van der Waals surface area contributed by atoms with E-state index in [0.717, 1.165) is 0 Å². The molecule has 4 nitrogen and oxygen atoms in total. The van der Waals surface area contributed by atoms with Crippen molar-refractivity contribution in [3.63, 3.8) is 0 Å². The Hall–Kier alpha value is -1.57. The molecule has 0 aliphatic rings. The lowest BCUT2D eigenvalue weighted by molar-refractivity contribution is 0.186. The largest absolute Gasteiger partial charge is 0.507 e. The van der Waals surface area contributed by atoms with Gasteiger partial charge in [-0.2, -0.15) is 5.26 Å². The lowest BCUT2D eigenvalue weighted by atomic mass is 10.1. The number of phenols is 1. The van der Waals surface area contributed by atoms with Crippen molar-refractivity contribution in [1.29, 1.82) is 5.26 Å². The van der Waals surface area contributed by atoms with Crippen LogP contribution in [-0.2, 0) is 0 Å². The van der Waals surface area contributed by atoms with E-state index in [1.165, 1.54) is 18.2 Å². The highest BCUT2D eigenvalue weighted by Gasteiger charge is 2.07. The molecule has 68 valence electrons. The van der Waals surface area contributed by atoms with Crippen molar-refractivity contribution >= 4 is 0 Å². The first-order valence-electron chi connectivity index (χ1n) is 3.80. The van der Waals surface area contributed by atoms with Crippen molar-refractivity contribution in [3.8, 4) is 11.8 Å². The fourth-order valence-corrected chi connectivity index (χ4v) is 0.987. The number of hydrogen-bond donors (Lipinski definition) is 3. The SMILES string of the molecule is N#Cc1cc(C(O)CN)ccc1O. The third kappa shape index (κ3) is 1.96. The number of hydrogen-bond acceptors (Lipinski definition) is 4. The van der Waals surface area contributed by atoms with Gasteiger partial charge in [0.25, 0.3) is 0 Å². The summed E-state index contributed by atoms with van der Waals surface area (Å²) in [6.45, 7) is 0.0929. The quantitative estimate of drug-likeness (QED) is 0.605. The second-order valence-corrected chi connectivity index (χ2v) is 2.64. The molecule has 1 rings (SSSR count). The second-order valence-electron chi connectivity index (χ2n) is 2.64. The van der Waals surface area contributed by atoms with Crippen LogP contribution < -0.4 is 5.73 Å². The normalized spacial score (nSPS) is 12.1. The number of phenolic OH excluding ortho intramolecular Hbond substituents is 1. The Morgan fingerprint density at radius 2 is 2.23 bits per heavy atom. The Morgan fingerprint density at radius 1 is 1.54 bits per heavy atom. The fraction of sp³-hybridized carbons (Fsp3) is 0.222. The van der Waals surface area contributed by atoms with E-state index in [1.807, 2.05) is 6.07 Å². The second kappa shape index (κ2) is 3.90. The van der Waals surface area contributed by atoms with Crippen LogP contribution in [0, 0.1) is 11.3 Å². The molecule has 0 spiro atoms. The lowest BCUT2D eigenvalue weighted by Crippen LogP contribution is -2.11. The molecule has 1 atom stereocenters. The molecule has 13 heavy (non-hydrogen) atoms. The number of rotatable bonds is 2. The van der Waals surface area contributed by atoms with Crippen LogP contribution in [0.4, 0.5) is 0 Å². The van der Waals surface area contributed by atoms with Gasteiger partial charge in [0, 0.05) is 6.54 Å². The molecule has 1 aromatic rings. The maximum absolute atomic E-state index is 9.32. The molecule has 0 aliphatic heterocycles. The van der Waals surface area contributed by atoms with Crippen molar-refractivity contribution in [3.05, 3.63) is 29.3 Å². The van der Waals surface area contributed by atoms with Gasteiger partial charge in [0.1, 0.15) is 11.8 Å². The summed E-state index contributed by atoms with van der Waals surface area (Å²) < 4.78 is 0. The minimum absolute atomic E-state index is 0.0875. The maximum Gasteiger partial charge on any atom is 0.133 e. The van der Waals surface area contributed by atoms with Gasteiger partial charge >= 0.3 is 0 Å². The number of nitrogens with zero attached hydrogens (tertiary/aromatic N) is 1. The van der Waals surface area contributed by atoms with Gasteiger partial charge in [0.05, 0.1) is 11.7 Å². The van der Waals surface area contributed by atoms with Gasteiger partial charge < -0.3 is 15.9 Å². The summed E-state index contributed by atoms with van der Waals surface area (Å²) in [5.74, 6) is -0.0875. The number of nitriles is 1. The van der Waals surface area contributed by atoms with E-state index in [1.54, 1.807) is 0 Å². The molecule has 0 heterocycles. The van der Waals surface area contributed by atoms with Crippen LogP contribution in [0.3, 0.4) is 0 Å². The smallest absolute Gasteiger partial charge is 0.133 e. The van der Waals surface area contributed by atoms with Crippen molar-refractivity contribution < 1.29 is 10.2 Å². The van der Waals surface area contributed by atoms with E-state index in [-0.39, 0.29) is 17.9 Å². The highest BCUT2D eigenvalue weighted by Crippen LogP contribution is 2.20. The molecule has 0 aliphatic carbocycles. The Kier molecular flexibility index (Phi) is 2.85. The number of nitrogens with two attached hydrogens (primary N) is 1. The first-order chi connectivity index (χ1) is 6.19. The number of aliphatic hydroxyl groups excluding tert-OH is 1. The van der Waals surface area contributed by atoms with Crippen molar-refractivity contribution in [2.75, 3.05) is 6.54 Å². The highest BCUT2D eigenvalue weighted by molar-refractivity contribution is 5.44. The molecule has 1 aromatic carbocycles. The Morgan fingerprint density at radius 3 is 2.77 bits per heavy atom. The minimum Gasteiger partial charge on any atom is -0.507 e. The van der Waals surface area contributed by atoms with Crippen molar-refractivity contribution in [2.45, 2.75) is 6.10 Å². The predicted molar refractivity (Wildman–Crippen MR) is 46.8 cm³/mol. The van der Waals surface area contributed by atoms with E-state index >= 15 is 0 Å². The van der Waals surface area contributed by atoms with Gasteiger partial charge in [-0.3, -0.25) is 0 Å². The maximum atomic E-state index is 9.32. The van der Waals surface area contributed by atoms with Crippen LogP contribution in [0.2, 0.25) is 0 Å². The van der Waals surface area contributed by atoms with Gasteiger partial charge in [-0.1, -0.05) is 6.07 Å². The Balaban J connectivity index is 3.08. The van der Waals surface area contributed by atoms with Crippen LogP contribution in [0.25, 0.3) is 0 Å². The monoisotopic (exact) mass is 178 g/mol. The van der Waals surface area contributed by atoms with Gasteiger partial charge in [-0.05, 0) is 17.7 Å². The third-order valence-corrected chi connectivity index (χ3v) is 1.75. The average molecular weight is 178 g/mol.